The molecule has 7 nitrogen and oxygen atoms in total. The highest BCUT2D eigenvalue weighted by Gasteiger charge is 2.29. The molecule has 2 aliphatic rings. The van der Waals surface area contributed by atoms with Crippen molar-refractivity contribution in [3.05, 3.63) is 27.3 Å². The van der Waals surface area contributed by atoms with Gasteiger partial charge in [0, 0.05) is 10.8 Å². The Balaban J connectivity index is 1.29. The van der Waals surface area contributed by atoms with Crippen LogP contribution in [0.2, 0.25) is 0 Å². The molecule has 0 saturated heterocycles. The lowest BCUT2D eigenvalue weighted by atomic mass is 10.1. The number of hydrogen-bond donors (Lipinski definition) is 1. The zero-order valence-electron chi connectivity index (χ0n) is 13.7. The van der Waals surface area contributed by atoms with E-state index >= 15 is 0 Å². The van der Waals surface area contributed by atoms with Crippen LogP contribution in [0.3, 0.4) is 0 Å². The van der Waals surface area contributed by atoms with Gasteiger partial charge in [-0.3, -0.25) is 10.1 Å². The third kappa shape index (κ3) is 3.89. The Morgan fingerprint density at radius 1 is 1.24 bits per heavy atom. The molecule has 8 heteroatoms. The zero-order valence-corrected chi connectivity index (χ0v) is 14.6. The molecule has 1 saturated carbocycles. The number of fused-ring (bicyclic) bond motifs is 1. The number of amides is 1. The van der Waals surface area contributed by atoms with E-state index < -0.39 is 11.9 Å². The predicted octanol–water partition coefficient (Wildman–Crippen LogP) is 3.07. The highest BCUT2D eigenvalue weighted by molar-refractivity contribution is 7.14. The molecule has 0 unspecified atom stereocenters. The number of carbonyl (C=O) groups is 2. The summed E-state index contributed by atoms with van der Waals surface area (Å²) in [4.78, 5) is 25.9. The van der Waals surface area contributed by atoms with Crippen molar-refractivity contribution in [3.63, 3.8) is 0 Å². The second-order valence-electron chi connectivity index (χ2n) is 6.46. The molecule has 2 heterocycles. The lowest BCUT2D eigenvalue weighted by molar-refractivity contribution is -0.119. The van der Waals surface area contributed by atoms with Crippen molar-refractivity contribution in [2.45, 2.75) is 50.9 Å². The molecule has 2 aliphatic carbocycles. The van der Waals surface area contributed by atoms with Crippen LogP contribution in [0.4, 0.5) is 6.01 Å². The zero-order chi connectivity index (χ0) is 17.2. The first-order chi connectivity index (χ1) is 12.2. The van der Waals surface area contributed by atoms with Gasteiger partial charge in [0.1, 0.15) is 4.88 Å². The fraction of sp³-hybridized carbons (Fsp3) is 0.529. The molecule has 2 aromatic rings. The maximum absolute atomic E-state index is 12.2. The molecule has 2 aromatic heterocycles. The van der Waals surface area contributed by atoms with Gasteiger partial charge in [-0.1, -0.05) is 11.5 Å². The van der Waals surface area contributed by atoms with Gasteiger partial charge in [-0.15, -0.1) is 16.4 Å². The highest BCUT2D eigenvalue weighted by Crippen LogP contribution is 2.39. The molecular formula is C17H19N3O4S. The fourth-order valence-corrected chi connectivity index (χ4v) is 4.05. The minimum Gasteiger partial charge on any atom is -0.451 e. The van der Waals surface area contributed by atoms with Crippen LogP contribution < -0.4 is 5.32 Å². The van der Waals surface area contributed by atoms with Crippen LogP contribution in [0, 0.1) is 0 Å². The number of ether oxygens (including phenoxy) is 1. The molecule has 0 spiro atoms. The Morgan fingerprint density at radius 2 is 2.08 bits per heavy atom. The summed E-state index contributed by atoms with van der Waals surface area (Å²) in [6.07, 6.45) is 7.68. The second kappa shape index (κ2) is 6.95. The quantitative estimate of drug-likeness (QED) is 0.650. The molecule has 4 rings (SSSR count). The van der Waals surface area contributed by atoms with Crippen LogP contribution in [0.5, 0.6) is 0 Å². The minimum absolute atomic E-state index is 0.0470. The SMILES string of the molecule is O=C(COC(=O)c1cc2c(s1)CCCCC2)Nc1nnc(C2CC2)o1. The number of nitrogens with one attached hydrogen (secondary N) is 1. The van der Waals surface area contributed by atoms with Gasteiger partial charge in [0.25, 0.3) is 5.91 Å². The molecule has 25 heavy (non-hydrogen) atoms. The normalized spacial score (nSPS) is 16.8. The van der Waals surface area contributed by atoms with Gasteiger partial charge in [-0.05, 0) is 50.2 Å². The van der Waals surface area contributed by atoms with Gasteiger partial charge in [0.05, 0.1) is 0 Å². The van der Waals surface area contributed by atoms with Crippen molar-refractivity contribution in [1.82, 2.24) is 10.2 Å². The summed E-state index contributed by atoms with van der Waals surface area (Å²) in [5.74, 6) is -0.0766. The Labute approximate surface area is 148 Å². The average Bonchev–Trinajstić information content (AvgIpc) is 3.29. The number of carbonyl (C=O) groups excluding carboxylic acids is 2. The lowest BCUT2D eigenvalue weighted by Gasteiger charge is -2.02. The molecule has 1 N–H and O–H groups in total. The van der Waals surface area contributed by atoms with Gasteiger partial charge < -0.3 is 9.15 Å². The number of nitrogens with zero attached hydrogens (tertiary/aromatic N) is 2. The predicted molar refractivity (Wildman–Crippen MR) is 90.8 cm³/mol. The third-order valence-corrected chi connectivity index (χ3v) is 5.61. The van der Waals surface area contributed by atoms with Crippen molar-refractivity contribution >= 4 is 29.2 Å². The topological polar surface area (TPSA) is 94.3 Å². The van der Waals surface area contributed by atoms with Gasteiger partial charge in [-0.2, -0.15) is 0 Å². The maximum atomic E-state index is 12.2. The second-order valence-corrected chi connectivity index (χ2v) is 7.60. The maximum Gasteiger partial charge on any atom is 0.348 e. The van der Waals surface area contributed by atoms with Crippen molar-refractivity contribution < 1.29 is 18.7 Å². The number of aryl methyl sites for hydroxylation is 2. The van der Waals surface area contributed by atoms with E-state index in [2.05, 4.69) is 15.5 Å². The molecule has 1 amide bonds. The van der Waals surface area contributed by atoms with Crippen molar-refractivity contribution in [2.75, 3.05) is 11.9 Å². The minimum atomic E-state index is -0.488. The van der Waals surface area contributed by atoms with Gasteiger partial charge in [0.15, 0.2) is 6.61 Å². The number of hydrogen-bond acceptors (Lipinski definition) is 7. The molecule has 0 bridgehead atoms. The van der Waals surface area contributed by atoms with Gasteiger partial charge in [0.2, 0.25) is 5.89 Å². The summed E-state index contributed by atoms with van der Waals surface area (Å²) in [7, 11) is 0. The fourth-order valence-electron chi connectivity index (χ4n) is 2.91. The summed E-state index contributed by atoms with van der Waals surface area (Å²) in [6.45, 7) is -0.372. The Morgan fingerprint density at radius 3 is 2.92 bits per heavy atom. The van der Waals surface area contributed by atoms with Gasteiger partial charge >= 0.3 is 12.0 Å². The van der Waals surface area contributed by atoms with E-state index in [0.717, 1.165) is 38.5 Å². The number of rotatable bonds is 5. The summed E-state index contributed by atoms with van der Waals surface area (Å²) in [5, 5.41) is 10.1. The van der Waals surface area contributed by atoms with Crippen molar-refractivity contribution in [3.8, 4) is 0 Å². The molecule has 1 fully saturated rings. The standard InChI is InChI=1S/C17H19N3O4S/c21-14(18-17-20-19-15(24-17)10-6-7-10)9-23-16(22)13-8-11-4-2-1-3-5-12(11)25-13/h8,10H,1-7,9H2,(H,18,20,21). The first-order valence-electron chi connectivity index (χ1n) is 8.61. The largest absolute Gasteiger partial charge is 0.451 e. The van der Waals surface area contributed by atoms with E-state index in [0.29, 0.717) is 16.7 Å². The first kappa shape index (κ1) is 16.3. The van der Waals surface area contributed by atoms with Crippen LogP contribution >= 0.6 is 11.3 Å². The molecule has 0 aromatic carbocycles. The van der Waals surface area contributed by atoms with Crippen molar-refractivity contribution in [1.29, 1.82) is 0 Å². The van der Waals surface area contributed by atoms with E-state index in [-0.39, 0.29) is 12.6 Å². The van der Waals surface area contributed by atoms with Gasteiger partial charge in [-0.25, -0.2) is 4.79 Å². The molecular weight excluding hydrogens is 342 g/mol. The van der Waals surface area contributed by atoms with Crippen molar-refractivity contribution in [2.24, 2.45) is 0 Å². The highest BCUT2D eigenvalue weighted by atomic mass is 32.1. The third-order valence-electron chi connectivity index (χ3n) is 4.40. The van der Waals surface area contributed by atoms with Crippen LogP contribution in [0.1, 0.15) is 64.0 Å². The smallest absolute Gasteiger partial charge is 0.348 e. The average molecular weight is 361 g/mol. The van der Waals surface area contributed by atoms with E-state index in [1.54, 1.807) is 0 Å². The number of thiophene rings is 1. The van der Waals surface area contributed by atoms with E-state index in [4.69, 9.17) is 9.15 Å². The van der Waals surface area contributed by atoms with Crippen LogP contribution in [-0.2, 0) is 22.4 Å². The molecule has 0 radical (unpaired) electrons. The Kier molecular flexibility index (Phi) is 4.52. The Bertz CT molecular complexity index is 770. The number of esters is 1. The van der Waals surface area contributed by atoms with E-state index in [1.165, 1.54) is 28.2 Å². The monoisotopic (exact) mass is 361 g/mol. The van der Waals surface area contributed by atoms with Crippen LogP contribution in [0.25, 0.3) is 0 Å². The van der Waals surface area contributed by atoms with E-state index in [9.17, 15) is 9.59 Å². The first-order valence-corrected chi connectivity index (χ1v) is 9.42. The van der Waals surface area contributed by atoms with Crippen LogP contribution in [-0.4, -0.2) is 28.7 Å². The van der Waals surface area contributed by atoms with E-state index in [1.807, 2.05) is 6.07 Å². The number of anilines is 1. The number of aromatic nitrogens is 2. The molecule has 132 valence electrons. The molecule has 0 atom stereocenters. The lowest BCUT2D eigenvalue weighted by Crippen LogP contribution is -2.20. The Hall–Kier alpha value is -2.22. The summed E-state index contributed by atoms with van der Waals surface area (Å²) in [6, 6.07) is 1.96. The van der Waals surface area contributed by atoms with Crippen LogP contribution in [0.15, 0.2) is 10.5 Å². The molecule has 0 aliphatic heterocycles. The summed E-state index contributed by atoms with van der Waals surface area (Å²) < 4.78 is 10.5. The summed E-state index contributed by atoms with van der Waals surface area (Å²) in [5.41, 5.74) is 1.25. The summed E-state index contributed by atoms with van der Waals surface area (Å²) >= 11 is 1.48.